The van der Waals surface area contributed by atoms with Crippen molar-refractivity contribution in [3.8, 4) is 0 Å². The van der Waals surface area contributed by atoms with Gasteiger partial charge in [-0.25, -0.2) is 8.42 Å². The van der Waals surface area contributed by atoms with Crippen molar-refractivity contribution in [3.63, 3.8) is 0 Å². The molecule has 0 saturated carbocycles. The maximum Gasteiger partial charge on any atom is 0.253 e. The third-order valence-corrected chi connectivity index (χ3v) is 4.32. The molecule has 0 aliphatic rings. The number of carbonyl (C=O) groups excluding carboxylic acids is 1. The van der Waals surface area contributed by atoms with Gasteiger partial charge in [-0.05, 0) is 30.7 Å². The minimum atomic E-state index is -3.22. The lowest BCUT2D eigenvalue weighted by atomic mass is 10.2. The van der Waals surface area contributed by atoms with Crippen molar-refractivity contribution >= 4 is 31.7 Å². The van der Waals surface area contributed by atoms with Gasteiger partial charge < -0.3 is 4.90 Å². The number of carbonyl (C=O) groups is 1. The van der Waals surface area contributed by atoms with Gasteiger partial charge in [-0.2, -0.15) is 0 Å². The van der Waals surface area contributed by atoms with Gasteiger partial charge in [-0.3, -0.25) is 4.79 Å². The average molecular weight is 348 g/mol. The molecular formula is C13H18BrNO3S. The van der Waals surface area contributed by atoms with Crippen LogP contribution in [-0.2, 0) is 9.84 Å². The maximum atomic E-state index is 12.1. The summed E-state index contributed by atoms with van der Waals surface area (Å²) in [5, 5.41) is 0. The van der Waals surface area contributed by atoms with Gasteiger partial charge in [0.2, 0.25) is 0 Å². The van der Waals surface area contributed by atoms with Crippen LogP contribution in [0.15, 0.2) is 29.2 Å². The van der Waals surface area contributed by atoms with Crippen LogP contribution in [0.5, 0.6) is 0 Å². The Bertz CT molecular complexity index is 538. The van der Waals surface area contributed by atoms with E-state index in [2.05, 4.69) is 15.9 Å². The number of benzene rings is 1. The van der Waals surface area contributed by atoms with Crippen LogP contribution < -0.4 is 0 Å². The Balaban J connectivity index is 2.78. The van der Waals surface area contributed by atoms with Crippen LogP contribution in [0.2, 0.25) is 0 Å². The molecule has 0 heterocycles. The second kappa shape index (κ2) is 6.52. The second-order valence-electron chi connectivity index (χ2n) is 4.59. The summed E-state index contributed by atoms with van der Waals surface area (Å²) in [5.74, 6) is -0.104. The first kappa shape index (κ1) is 16.2. The molecule has 0 aliphatic heterocycles. The van der Waals surface area contributed by atoms with Gasteiger partial charge in [0.15, 0.2) is 9.84 Å². The number of amides is 1. The fourth-order valence-electron chi connectivity index (χ4n) is 1.54. The average Bonchev–Trinajstić information content (AvgIpc) is 2.34. The van der Waals surface area contributed by atoms with Gasteiger partial charge in [-0.15, -0.1) is 0 Å². The second-order valence-corrected chi connectivity index (χ2v) is 8.17. The van der Waals surface area contributed by atoms with Crippen LogP contribution in [0.4, 0.5) is 0 Å². The predicted molar refractivity (Wildman–Crippen MR) is 79.5 cm³/mol. The molecule has 1 amide bonds. The molecule has 0 fully saturated rings. The molecule has 0 aliphatic carbocycles. The van der Waals surface area contributed by atoms with E-state index in [9.17, 15) is 13.2 Å². The van der Waals surface area contributed by atoms with Crippen molar-refractivity contribution in [2.24, 2.45) is 0 Å². The Morgan fingerprint density at radius 1 is 1.32 bits per heavy atom. The molecule has 106 valence electrons. The van der Waals surface area contributed by atoms with Crippen LogP contribution in [-0.4, -0.2) is 43.9 Å². The maximum absolute atomic E-state index is 12.1. The van der Waals surface area contributed by atoms with E-state index in [1.165, 1.54) is 12.1 Å². The molecule has 0 radical (unpaired) electrons. The van der Waals surface area contributed by atoms with Crippen molar-refractivity contribution in [2.75, 3.05) is 19.8 Å². The Hall–Kier alpha value is -0.880. The number of hydrogen-bond donors (Lipinski definition) is 0. The minimum Gasteiger partial charge on any atom is -0.342 e. The fraction of sp³-hybridized carbons (Fsp3) is 0.462. The Kier molecular flexibility index (Phi) is 5.55. The molecule has 6 heteroatoms. The van der Waals surface area contributed by atoms with E-state index in [1.807, 2.05) is 6.92 Å². The lowest BCUT2D eigenvalue weighted by Crippen LogP contribution is -2.28. The van der Waals surface area contributed by atoms with E-state index in [1.54, 1.807) is 24.1 Å². The molecule has 0 spiro atoms. The van der Waals surface area contributed by atoms with Crippen LogP contribution in [0.25, 0.3) is 0 Å². The van der Waals surface area contributed by atoms with E-state index in [-0.39, 0.29) is 10.8 Å². The van der Waals surface area contributed by atoms with E-state index >= 15 is 0 Å². The lowest BCUT2D eigenvalue weighted by Gasteiger charge is -2.18. The van der Waals surface area contributed by atoms with Crippen LogP contribution in [0.1, 0.15) is 23.7 Å². The Labute approximate surface area is 122 Å². The van der Waals surface area contributed by atoms with Crippen LogP contribution in [0.3, 0.4) is 0 Å². The Morgan fingerprint density at radius 3 is 2.26 bits per heavy atom. The van der Waals surface area contributed by atoms with E-state index in [0.717, 1.165) is 12.7 Å². The zero-order valence-electron chi connectivity index (χ0n) is 11.3. The third-order valence-electron chi connectivity index (χ3n) is 2.74. The molecule has 0 bridgehead atoms. The summed E-state index contributed by atoms with van der Waals surface area (Å²) in [7, 11) is -1.48. The van der Waals surface area contributed by atoms with Crippen molar-refractivity contribution in [1.29, 1.82) is 0 Å². The van der Waals surface area contributed by atoms with Crippen molar-refractivity contribution < 1.29 is 13.2 Å². The number of rotatable bonds is 5. The number of hydrogen-bond acceptors (Lipinski definition) is 3. The molecule has 1 unspecified atom stereocenters. The molecule has 0 aromatic heterocycles. The SMILES string of the molecule is CC(Br)CCN(C)C(=O)c1ccc(S(C)(=O)=O)cc1. The predicted octanol–water partition coefficient (Wildman–Crippen LogP) is 2.34. The third kappa shape index (κ3) is 4.95. The highest BCUT2D eigenvalue weighted by molar-refractivity contribution is 9.09. The molecular weight excluding hydrogens is 330 g/mol. The summed E-state index contributed by atoms with van der Waals surface area (Å²) in [5.41, 5.74) is 0.497. The highest BCUT2D eigenvalue weighted by Gasteiger charge is 2.13. The molecule has 0 N–H and O–H groups in total. The number of sulfone groups is 1. The van der Waals surface area contributed by atoms with Crippen molar-refractivity contribution in [2.45, 2.75) is 23.1 Å². The summed E-state index contributed by atoms with van der Waals surface area (Å²) in [6.07, 6.45) is 2.01. The lowest BCUT2D eigenvalue weighted by molar-refractivity contribution is 0.0794. The molecule has 0 saturated heterocycles. The molecule has 19 heavy (non-hydrogen) atoms. The topological polar surface area (TPSA) is 54.5 Å². The standard InChI is InChI=1S/C13H18BrNO3S/c1-10(14)8-9-15(2)13(16)11-4-6-12(7-5-11)19(3,17)18/h4-7,10H,8-9H2,1-3H3. The van der Waals surface area contributed by atoms with Crippen LogP contribution in [0, 0.1) is 0 Å². The van der Waals surface area contributed by atoms with Crippen molar-refractivity contribution in [1.82, 2.24) is 4.90 Å². The molecule has 1 rings (SSSR count). The monoisotopic (exact) mass is 347 g/mol. The van der Waals surface area contributed by atoms with Gasteiger partial charge in [0.25, 0.3) is 5.91 Å². The molecule has 4 nitrogen and oxygen atoms in total. The first-order valence-corrected chi connectivity index (χ1v) is 8.72. The molecule has 1 aromatic carbocycles. The van der Waals surface area contributed by atoms with E-state index in [0.29, 0.717) is 16.9 Å². The highest BCUT2D eigenvalue weighted by Crippen LogP contribution is 2.12. The Morgan fingerprint density at radius 2 is 1.84 bits per heavy atom. The number of alkyl halides is 1. The van der Waals surface area contributed by atoms with Gasteiger partial charge in [0.1, 0.15) is 0 Å². The van der Waals surface area contributed by atoms with Gasteiger partial charge >= 0.3 is 0 Å². The van der Waals surface area contributed by atoms with Gasteiger partial charge in [0.05, 0.1) is 4.90 Å². The van der Waals surface area contributed by atoms with Gasteiger partial charge in [0, 0.05) is 30.2 Å². The zero-order valence-corrected chi connectivity index (χ0v) is 13.7. The summed E-state index contributed by atoms with van der Waals surface area (Å²) in [6, 6.07) is 6.02. The van der Waals surface area contributed by atoms with Crippen LogP contribution >= 0.6 is 15.9 Å². The van der Waals surface area contributed by atoms with E-state index < -0.39 is 9.84 Å². The van der Waals surface area contributed by atoms with Gasteiger partial charge in [-0.1, -0.05) is 22.9 Å². The largest absolute Gasteiger partial charge is 0.342 e. The van der Waals surface area contributed by atoms with E-state index in [4.69, 9.17) is 0 Å². The first-order chi connectivity index (χ1) is 8.71. The summed E-state index contributed by atoms with van der Waals surface area (Å²) in [4.78, 5) is 14.3. The number of halogens is 1. The van der Waals surface area contributed by atoms with Crippen molar-refractivity contribution in [3.05, 3.63) is 29.8 Å². The highest BCUT2D eigenvalue weighted by atomic mass is 79.9. The summed E-state index contributed by atoms with van der Waals surface area (Å²) in [6.45, 7) is 2.68. The minimum absolute atomic E-state index is 0.104. The zero-order chi connectivity index (χ0) is 14.6. The fourth-order valence-corrected chi connectivity index (χ4v) is 2.37. The quantitative estimate of drug-likeness (QED) is 0.768. The first-order valence-electron chi connectivity index (χ1n) is 5.91. The summed E-state index contributed by atoms with van der Waals surface area (Å²) >= 11 is 3.43. The normalized spacial score (nSPS) is 13.1. The molecule has 1 atom stereocenters. The molecule has 1 aromatic rings. The summed E-state index contributed by atoms with van der Waals surface area (Å²) < 4.78 is 22.6. The number of nitrogens with zero attached hydrogens (tertiary/aromatic N) is 1. The smallest absolute Gasteiger partial charge is 0.253 e.